The van der Waals surface area contributed by atoms with Gasteiger partial charge in [0.25, 0.3) is 0 Å². The van der Waals surface area contributed by atoms with Crippen LogP contribution in [0.15, 0.2) is 0 Å². The fourth-order valence-corrected chi connectivity index (χ4v) is 3.35. The van der Waals surface area contributed by atoms with Gasteiger partial charge in [0.2, 0.25) is 0 Å². The molecule has 0 spiro atoms. The molecule has 2 fully saturated rings. The molecular weight excluding hydrogens is 228 g/mol. The second-order valence-corrected chi connectivity index (χ2v) is 5.91. The number of carbonyl (C=O) groups excluding carboxylic acids is 1. The number of methoxy groups -OCH3 is 1. The van der Waals surface area contributed by atoms with Crippen molar-refractivity contribution in [1.82, 2.24) is 10.2 Å². The van der Waals surface area contributed by atoms with Crippen molar-refractivity contribution in [1.29, 1.82) is 0 Å². The second-order valence-electron chi connectivity index (χ2n) is 5.91. The lowest BCUT2D eigenvalue weighted by Crippen LogP contribution is -2.56. The Hall–Kier alpha value is -0.610. The second kappa shape index (κ2) is 6.02. The van der Waals surface area contributed by atoms with Crippen LogP contribution in [0.25, 0.3) is 0 Å². The molecule has 0 radical (unpaired) electrons. The molecule has 104 valence electrons. The van der Waals surface area contributed by atoms with Gasteiger partial charge < -0.3 is 15.0 Å². The molecule has 4 nitrogen and oxygen atoms in total. The van der Waals surface area contributed by atoms with Gasteiger partial charge in [0.05, 0.1) is 7.11 Å². The fraction of sp³-hybridized carbons (Fsp3) is 0.929. The topological polar surface area (TPSA) is 41.6 Å². The maximum Gasteiger partial charge on any atom is 0.326 e. The molecule has 2 heterocycles. The summed E-state index contributed by atoms with van der Waals surface area (Å²) >= 11 is 0. The van der Waals surface area contributed by atoms with Crippen LogP contribution in [-0.2, 0) is 9.53 Å². The highest BCUT2D eigenvalue weighted by molar-refractivity contribution is 5.80. The Balaban J connectivity index is 1.98. The zero-order chi connectivity index (χ0) is 13.0. The molecule has 0 bridgehead atoms. The lowest BCUT2D eigenvalue weighted by Gasteiger charge is -2.40. The van der Waals surface area contributed by atoms with Crippen LogP contribution < -0.4 is 5.32 Å². The molecule has 0 amide bonds. The van der Waals surface area contributed by atoms with E-state index in [0.29, 0.717) is 5.92 Å². The standard InChI is InChI=1S/C14H26N2O2/c1-16-9-5-12(6-10-16)11-14(13(17)18-2)7-3-4-8-15-14/h12,15H,3-11H2,1-2H3. The van der Waals surface area contributed by atoms with Crippen molar-refractivity contribution >= 4 is 5.97 Å². The van der Waals surface area contributed by atoms with Crippen molar-refractivity contribution < 1.29 is 9.53 Å². The van der Waals surface area contributed by atoms with Crippen LogP contribution in [0.5, 0.6) is 0 Å². The van der Waals surface area contributed by atoms with E-state index in [0.717, 1.165) is 38.9 Å². The van der Waals surface area contributed by atoms with E-state index in [2.05, 4.69) is 17.3 Å². The molecule has 0 aliphatic carbocycles. The highest BCUT2D eigenvalue weighted by Crippen LogP contribution is 2.32. The predicted octanol–water partition coefficient (Wildman–Crippen LogP) is 1.40. The Morgan fingerprint density at radius 1 is 1.39 bits per heavy atom. The van der Waals surface area contributed by atoms with E-state index in [-0.39, 0.29) is 5.97 Å². The zero-order valence-corrected chi connectivity index (χ0v) is 11.7. The molecule has 1 unspecified atom stereocenters. The third-order valence-electron chi connectivity index (χ3n) is 4.55. The van der Waals surface area contributed by atoms with Gasteiger partial charge in [-0.05, 0) is 71.1 Å². The SMILES string of the molecule is COC(=O)C1(CC2CCN(C)CC2)CCCCN1. The van der Waals surface area contributed by atoms with E-state index < -0.39 is 5.54 Å². The van der Waals surface area contributed by atoms with Gasteiger partial charge >= 0.3 is 5.97 Å². The Labute approximate surface area is 110 Å². The van der Waals surface area contributed by atoms with E-state index >= 15 is 0 Å². The molecule has 1 atom stereocenters. The molecule has 0 aromatic rings. The number of likely N-dealkylation sites (tertiary alicyclic amines) is 1. The van der Waals surface area contributed by atoms with Crippen LogP contribution >= 0.6 is 0 Å². The number of nitrogens with one attached hydrogen (secondary N) is 1. The maximum atomic E-state index is 12.1. The third kappa shape index (κ3) is 3.04. The first kappa shape index (κ1) is 13.8. The normalized spacial score (nSPS) is 31.2. The first-order valence-electron chi connectivity index (χ1n) is 7.18. The number of carbonyl (C=O) groups is 1. The minimum Gasteiger partial charge on any atom is -0.468 e. The summed E-state index contributed by atoms with van der Waals surface area (Å²) < 4.78 is 5.04. The number of esters is 1. The summed E-state index contributed by atoms with van der Waals surface area (Å²) in [5.74, 6) is 0.604. The lowest BCUT2D eigenvalue weighted by molar-refractivity contribution is -0.151. The third-order valence-corrected chi connectivity index (χ3v) is 4.55. The average molecular weight is 254 g/mol. The van der Waals surface area contributed by atoms with Crippen molar-refractivity contribution in [2.45, 2.75) is 44.1 Å². The van der Waals surface area contributed by atoms with Crippen LogP contribution in [0.3, 0.4) is 0 Å². The quantitative estimate of drug-likeness (QED) is 0.773. The van der Waals surface area contributed by atoms with Gasteiger partial charge in [-0.3, -0.25) is 4.79 Å². The van der Waals surface area contributed by atoms with Crippen molar-refractivity contribution in [3.63, 3.8) is 0 Å². The first-order valence-corrected chi connectivity index (χ1v) is 7.18. The number of nitrogens with zero attached hydrogens (tertiary/aromatic N) is 1. The summed E-state index contributed by atoms with van der Waals surface area (Å²) in [5.41, 5.74) is -0.395. The summed E-state index contributed by atoms with van der Waals surface area (Å²) in [7, 11) is 3.68. The molecule has 2 saturated heterocycles. The molecule has 2 aliphatic heterocycles. The van der Waals surface area contributed by atoms with Gasteiger partial charge in [-0.1, -0.05) is 0 Å². The number of rotatable bonds is 3. The summed E-state index contributed by atoms with van der Waals surface area (Å²) in [4.78, 5) is 14.5. The van der Waals surface area contributed by atoms with E-state index in [1.54, 1.807) is 0 Å². The molecule has 2 rings (SSSR count). The number of hydrogen-bond donors (Lipinski definition) is 1. The summed E-state index contributed by atoms with van der Waals surface area (Å²) in [6, 6.07) is 0. The largest absolute Gasteiger partial charge is 0.468 e. The van der Waals surface area contributed by atoms with Crippen LogP contribution in [-0.4, -0.2) is 50.2 Å². The number of piperidine rings is 2. The molecular formula is C14H26N2O2. The van der Waals surface area contributed by atoms with E-state index in [1.807, 2.05) is 0 Å². The van der Waals surface area contributed by atoms with E-state index in [4.69, 9.17) is 4.74 Å². The highest BCUT2D eigenvalue weighted by Gasteiger charge is 2.42. The number of hydrogen-bond acceptors (Lipinski definition) is 4. The van der Waals surface area contributed by atoms with Gasteiger partial charge in [0.1, 0.15) is 5.54 Å². The summed E-state index contributed by atoms with van der Waals surface area (Å²) in [6.45, 7) is 3.26. The van der Waals surface area contributed by atoms with Crippen molar-refractivity contribution in [3.8, 4) is 0 Å². The predicted molar refractivity (Wildman–Crippen MR) is 71.4 cm³/mol. The smallest absolute Gasteiger partial charge is 0.326 e. The molecule has 4 heteroatoms. The van der Waals surface area contributed by atoms with Crippen molar-refractivity contribution in [2.24, 2.45) is 5.92 Å². The van der Waals surface area contributed by atoms with Crippen LogP contribution in [0.1, 0.15) is 38.5 Å². The van der Waals surface area contributed by atoms with Crippen LogP contribution in [0, 0.1) is 5.92 Å². The molecule has 2 aliphatic rings. The Morgan fingerprint density at radius 2 is 2.11 bits per heavy atom. The monoisotopic (exact) mass is 254 g/mol. The van der Waals surface area contributed by atoms with E-state index in [9.17, 15) is 4.79 Å². The molecule has 0 saturated carbocycles. The van der Waals surface area contributed by atoms with Crippen LogP contribution in [0.2, 0.25) is 0 Å². The molecule has 0 aromatic carbocycles. The van der Waals surface area contributed by atoms with Gasteiger partial charge in [0.15, 0.2) is 0 Å². The molecule has 0 aromatic heterocycles. The zero-order valence-electron chi connectivity index (χ0n) is 11.7. The van der Waals surface area contributed by atoms with Crippen molar-refractivity contribution in [3.05, 3.63) is 0 Å². The average Bonchev–Trinajstić information content (AvgIpc) is 2.41. The summed E-state index contributed by atoms with van der Waals surface area (Å²) in [6.07, 6.45) is 6.61. The fourth-order valence-electron chi connectivity index (χ4n) is 3.35. The minimum absolute atomic E-state index is 0.0545. The van der Waals surface area contributed by atoms with Gasteiger partial charge in [-0.25, -0.2) is 0 Å². The maximum absolute atomic E-state index is 12.1. The Bertz CT molecular complexity index is 280. The van der Waals surface area contributed by atoms with Gasteiger partial charge in [-0.15, -0.1) is 0 Å². The molecule has 1 N–H and O–H groups in total. The lowest BCUT2D eigenvalue weighted by atomic mass is 9.78. The van der Waals surface area contributed by atoms with Gasteiger partial charge in [-0.2, -0.15) is 0 Å². The van der Waals surface area contributed by atoms with Gasteiger partial charge in [0, 0.05) is 0 Å². The Kier molecular flexibility index (Phi) is 4.62. The first-order chi connectivity index (χ1) is 8.66. The van der Waals surface area contributed by atoms with Crippen molar-refractivity contribution in [2.75, 3.05) is 33.8 Å². The van der Waals surface area contributed by atoms with Crippen LogP contribution in [0.4, 0.5) is 0 Å². The van der Waals surface area contributed by atoms with E-state index in [1.165, 1.54) is 26.4 Å². The Morgan fingerprint density at radius 3 is 2.67 bits per heavy atom. The molecule has 18 heavy (non-hydrogen) atoms. The number of ether oxygens (including phenoxy) is 1. The summed E-state index contributed by atoms with van der Waals surface area (Å²) in [5, 5.41) is 3.45. The minimum atomic E-state index is -0.395. The highest BCUT2D eigenvalue weighted by atomic mass is 16.5.